The van der Waals surface area contributed by atoms with Crippen LogP contribution in [0.3, 0.4) is 0 Å². The van der Waals surface area contributed by atoms with E-state index in [0.717, 1.165) is 46.7 Å². The zero-order valence-electron chi connectivity index (χ0n) is 18.4. The van der Waals surface area contributed by atoms with Gasteiger partial charge in [0, 0.05) is 49.9 Å². The molecule has 0 saturated heterocycles. The fourth-order valence-corrected chi connectivity index (χ4v) is 3.70. The molecule has 0 aliphatic carbocycles. The Morgan fingerprint density at radius 3 is 2.36 bits per heavy atom. The molecule has 176 valence electrons. The van der Waals surface area contributed by atoms with Crippen molar-refractivity contribution >= 4 is 11.9 Å². The summed E-state index contributed by atoms with van der Waals surface area (Å²) < 4.78 is 33.5. The smallest absolute Gasteiger partial charge is 0.475 e. The summed E-state index contributed by atoms with van der Waals surface area (Å²) >= 11 is 0. The molecule has 0 unspecified atom stereocenters. The maximum atomic E-state index is 13.1. The number of aryl methyl sites for hydroxylation is 2. The molecule has 0 atom stereocenters. The SMILES string of the molecule is Cc1nn(C)c(C)c1C(=O)N1CCc2[nH]nc(Cc3ccccc3)c2C1.O=C(O)C(F)(F)F. The minimum atomic E-state index is -5.08. The number of aliphatic carboxylic acids is 1. The zero-order chi connectivity index (χ0) is 24.3. The summed E-state index contributed by atoms with van der Waals surface area (Å²) in [5.74, 6) is -2.70. The maximum Gasteiger partial charge on any atom is 0.490 e. The van der Waals surface area contributed by atoms with Crippen LogP contribution in [0.1, 0.15) is 44.3 Å². The second kappa shape index (κ2) is 9.47. The van der Waals surface area contributed by atoms with Gasteiger partial charge in [-0.05, 0) is 19.4 Å². The second-order valence-electron chi connectivity index (χ2n) is 7.74. The molecule has 8 nitrogen and oxygen atoms in total. The lowest BCUT2D eigenvalue weighted by atomic mass is 10.00. The van der Waals surface area contributed by atoms with E-state index in [0.29, 0.717) is 13.1 Å². The molecule has 33 heavy (non-hydrogen) atoms. The van der Waals surface area contributed by atoms with Crippen molar-refractivity contribution in [1.82, 2.24) is 24.9 Å². The number of carboxylic acid groups (broad SMARTS) is 1. The topological polar surface area (TPSA) is 104 Å². The number of carbonyl (C=O) groups is 2. The first-order valence-corrected chi connectivity index (χ1v) is 10.2. The van der Waals surface area contributed by atoms with Crippen LogP contribution in [-0.2, 0) is 31.2 Å². The van der Waals surface area contributed by atoms with Crippen molar-refractivity contribution in [3.63, 3.8) is 0 Å². The van der Waals surface area contributed by atoms with Crippen LogP contribution in [0.2, 0.25) is 0 Å². The number of amides is 1. The molecule has 3 heterocycles. The second-order valence-corrected chi connectivity index (χ2v) is 7.74. The highest BCUT2D eigenvalue weighted by molar-refractivity contribution is 5.96. The number of aromatic nitrogens is 4. The zero-order valence-corrected chi connectivity index (χ0v) is 18.4. The van der Waals surface area contributed by atoms with Gasteiger partial charge >= 0.3 is 12.1 Å². The third-order valence-corrected chi connectivity index (χ3v) is 5.49. The van der Waals surface area contributed by atoms with Gasteiger partial charge in [-0.15, -0.1) is 0 Å². The Balaban J connectivity index is 0.000000383. The van der Waals surface area contributed by atoms with Crippen LogP contribution in [-0.4, -0.2) is 54.6 Å². The maximum absolute atomic E-state index is 13.1. The number of hydrogen-bond donors (Lipinski definition) is 2. The Kier molecular flexibility index (Phi) is 6.89. The molecule has 0 radical (unpaired) electrons. The third-order valence-electron chi connectivity index (χ3n) is 5.49. The molecule has 4 rings (SSSR count). The summed E-state index contributed by atoms with van der Waals surface area (Å²) in [6.45, 7) is 5.14. The van der Waals surface area contributed by atoms with E-state index in [9.17, 15) is 18.0 Å². The summed E-state index contributed by atoms with van der Waals surface area (Å²) in [5, 5.41) is 19.2. The van der Waals surface area contributed by atoms with Gasteiger partial charge in [-0.3, -0.25) is 14.6 Å². The first kappa shape index (κ1) is 24.0. The van der Waals surface area contributed by atoms with Crippen LogP contribution < -0.4 is 0 Å². The highest BCUT2D eigenvalue weighted by Crippen LogP contribution is 2.25. The predicted octanol–water partition coefficient (Wildman–Crippen LogP) is 3.18. The Morgan fingerprint density at radius 2 is 1.82 bits per heavy atom. The molecule has 0 saturated carbocycles. The minimum Gasteiger partial charge on any atom is -0.475 e. The van der Waals surface area contributed by atoms with Gasteiger partial charge in [0.05, 0.1) is 17.0 Å². The average Bonchev–Trinajstić information content (AvgIpc) is 3.27. The molecule has 0 bridgehead atoms. The van der Waals surface area contributed by atoms with Crippen molar-refractivity contribution in [3.8, 4) is 0 Å². The Hall–Kier alpha value is -3.63. The van der Waals surface area contributed by atoms with E-state index in [1.54, 1.807) is 4.68 Å². The van der Waals surface area contributed by atoms with E-state index in [1.807, 2.05) is 44.0 Å². The minimum absolute atomic E-state index is 0.0608. The fourth-order valence-electron chi connectivity index (χ4n) is 3.70. The van der Waals surface area contributed by atoms with Crippen LogP contribution in [0.4, 0.5) is 13.2 Å². The van der Waals surface area contributed by atoms with Crippen LogP contribution in [0.25, 0.3) is 0 Å². The highest BCUT2D eigenvalue weighted by Gasteiger charge is 2.38. The lowest BCUT2D eigenvalue weighted by Gasteiger charge is -2.27. The van der Waals surface area contributed by atoms with Gasteiger partial charge in [0.2, 0.25) is 0 Å². The average molecular weight is 463 g/mol. The first-order chi connectivity index (χ1) is 15.5. The summed E-state index contributed by atoms with van der Waals surface area (Å²) in [6.07, 6.45) is -3.50. The number of aromatic amines is 1. The number of halogens is 3. The van der Waals surface area contributed by atoms with E-state index in [4.69, 9.17) is 9.90 Å². The largest absolute Gasteiger partial charge is 0.490 e. The van der Waals surface area contributed by atoms with Gasteiger partial charge < -0.3 is 10.0 Å². The number of nitrogens with one attached hydrogen (secondary N) is 1. The van der Waals surface area contributed by atoms with E-state index in [-0.39, 0.29) is 5.91 Å². The number of carboxylic acids is 1. The van der Waals surface area contributed by atoms with Gasteiger partial charge in [0.1, 0.15) is 0 Å². The summed E-state index contributed by atoms with van der Waals surface area (Å²) in [6, 6.07) is 10.3. The Morgan fingerprint density at radius 1 is 1.18 bits per heavy atom. The molecule has 1 aliphatic heterocycles. The van der Waals surface area contributed by atoms with E-state index in [1.165, 1.54) is 5.56 Å². The number of benzene rings is 1. The molecule has 2 aromatic heterocycles. The van der Waals surface area contributed by atoms with Gasteiger partial charge in [0.25, 0.3) is 5.91 Å². The fraction of sp³-hybridized carbons (Fsp3) is 0.364. The first-order valence-electron chi connectivity index (χ1n) is 10.2. The predicted molar refractivity (Wildman–Crippen MR) is 113 cm³/mol. The Bertz CT molecular complexity index is 1150. The summed E-state index contributed by atoms with van der Waals surface area (Å²) in [7, 11) is 1.88. The number of nitrogens with zero attached hydrogens (tertiary/aromatic N) is 4. The van der Waals surface area contributed by atoms with Crippen LogP contribution in [0.5, 0.6) is 0 Å². The highest BCUT2D eigenvalue weighted by atomic mass is 19.4. The normalized spacial score (nSPS) is 13.2. The molecule has 1 aromatic carbocycles. The van der Waals surface area contributed by atoms with E-state index in [2.05, 4.69) is 27.4 Å². The van der Waals surface area contributed by atoms with E-state index < -0.39 is 12.1 Å². The Labute approximate surface area is 188 Å². The van der Waals surface area contributed by atoms with Crippen molar-refractivity contribution in [3.05, 3.63) is 69.8 Å². The number of hydrogen-bond acceptors (Lipinski definition) is 4. The molecule has 3 aromatic rings. The monoisotopic (exact) mass is 463 g/mol. The van der Waals surface area contributed by atoms with Gasteiger partial charge in [0.15, 0.2) is 0 Å². The van der Waals surface area contributed by atoms with Crippen molar-refractivity contribution < 1.29 is 27.9 Å². The lowest BCUT2D eigenvalue weighted by Crippen LogP contribution is -2.36. The van der Waals surface area contributed by atoms with Crippen molar-refractivity contribution in [2.45, 2.75) is 39.4 Å². The molecular weight excluding hydrogens is 439 g/mol. The molecule has 11 heteroatoms. The van der Waals surface area contributed by atoms with Crippen molar-refractivity contribution in [1.29, 1.82) is 0 Å². The number of fused-ring (bicyclic) bond motifs is 1. The van der Waals surface area contributed by atoms with Gasteiger partial charge in [-0.2, -0.15) is 23.4 Å². The van der Waals surface area contributed by atoms with Crippen LogP contribution in [0, 0.1) is 13.8 Å². The third kappa shape index (κ3) is 5.41. The molecule has 0 fully saturated rings. The molecule has 1 aliphatic rings. The molecule has 1 amide bonds. The molecular formula is C22H24F3N5O3. The van der Waals surface area contributed by atoms with Crippen LogP contribution in [0.15, 0.2) is 30.3 Å². The van der Waals surface area contributed by atoms with E-state index >= 15 is 0 Å². The summed E-state index contributed by atoms with van der Waals surface area (Å²) in [4.78, 5) is 23.9. The number of rotatable bonds is 3. The van der Waals surface area contributed by atoms with Crippen LogP contribution >= 0.6 is 0 Å². The molecule has 0 spiro atoms. The summed E-state index contributed by atoms with van der Waals surface area (Å²) in [5.41, 5.74) is 7.00. The molecule has 2 N–H and O–H groups in total. The quantitative estimate of drug-likeness (QED) is 0.621. The van der Waals surface area contributed by atoms with Crippen molar-refractivity contribution in [2.75, 3.05) is 6.54 Å². The number of alkyl halides is 3. The lowest BCUT2D eigenvalue weighted by molar-refractivity contribution is -0.192. The standard InChI is InChI=1S/C20H23N5O.C2HF3O2/c1-13-19(14(2)24(3)23-13)20(26)25-10-9-17-16(12-25)18(22-21-17)11-15-7-5-4-6-8-15;3-2(4,5)1(6)7/h4-8H,9-12H2,1-3H3,(H,21,22);(H,6,7). The van der Waals surface area contributed by atoms with Gasteiger partial charge in [-0.25, -0.2) is 4.79 Å². The van der Waals surface area contributed by atoms with Crippen molar-refractivity contribution in [2.24, 2.45) is 7.05 Å². The van der Waals surface area contributed by atoms with Gasteiger partial charge in [-0.1, -0.05) is 30.3 Å². The number of carbonyl (C=O) groups excluding carboxylic acids is 1. The number of H-pyrrole nitrogens is 1.